The summed E-state index contributed by atoms with van der Waals surface area (Å²) in [7, 11) is 0. The number of rotatable bonds is 7. The largest absolute Gasteiger partial charge is 0.329 e. The average Bonchev–Trinajstić information content (AvgIpc) is 2.29. The fraction of sp³-hybridized carbons (Fsp3) is 0.462. The van der Waals surface area contributed by atoms with Crippen molar-refractivity contribution in [2.45, 2.75) is 13.3 Å². The minimum Gasteiger partial charge on any atom is -0.329 e. The van der Waals surface area contributed by atoms with Gasteiger partial charge in [0.2, 0.25) is 5.91 Å². The van der Waals surface area contributed by atoms with Gasteiger partial charge in [-0.1, -0.05) is 13.0 Å². The van der Waals surface area contributed by atoms with Gasteiger partial charge in [-0.25, -0.2) is 4.39 Å². The molecule has 4 nitrogen and oxygen atoms in total. The molecule has 0 fully saturated rings. The first-order chi connectivity index (χ1) is 8.65. The summed E-state index contributed by atoms with van der Waals surface area (Å²) in [5.74, 6) is -0.511. The summed E-state index contributed by atoms with van der Waals surface area (Å²) in [6, 6.07) is 5.86. The molecule has 100 valence electrons. The predicted octanol–water partition coefficient (Wildman–Crippen LogP) is 1.43. The quantitative estimate of drug-likeness (QED) is 0.773. The van der Waals surface area contributed by atoms with E-state index in [9.17, 15) is 9.18 Å². The second kappa shape index (κ2) is 7.79. The Kier molecular flexibility index (Phi) is 6.32. The van der Waals surface area contributed by atoms with E-state index in [0.717, 1.165) is 13.0 Å². The fourth-order valence-corrected chi connectivity index (χ4v) is 1.74. The highest BCUT2D eigenvalue weighted by Crippen LogP contribution is 2.08. The maximum absolute atomic E-state index is 12.9. The standard InChI is InChI=1S/C13H20FN3O/c1-2-7-17(8-6-15)10-13(18)16-12-5-3-4-11(14)9-12/h3-5,9H,2,6-8,10,15H2,1H3,(H,16,18). The summed E-state index contributed by atoms with van der Waals surface area (Å²) in [5, 5.41) is 2.67. The number of halogens is 1. The number of amides is 1. The lowest BCUT2D eigenvalue weighted by atomic mass is 10.3. The van der Waals surface area contributed by atoms with Crippen LogP contribution in [0.1, 0.15) is 13.3 Å². The average molecular weight is 253 g/mol. The summed E-state index contributed by atoms with van der Waals surface area (Å²) in [4.78, 5) is 13.7. The summed E-state index contributed by atoms with van der Waals surface area (Å²) >= 11 is 0. The van der Waals surface area contributed by atoms with Crippen LogP contribution in [0, 0.1) is 5.82 Å². The minimum atomic E-state index is -0.361. The van der Waals surface area contributed by atoms with Gasteiger partial charge in [-0.15, -0.1) is 0 Å². The lowest BCUT2D eigenvalue weighted by Crippen LogP contribution is -2.37. The van der Waals surface area contributed by atoms with Crippen LogP contribution in [0.5, 0.6) is 0 Å². The number of nitrogens with zero attached hydrogens (tertiary/aromatic N) is 1. The van der Waals surface area contributed by atoms with Crippen LogP contribution >= 0.6 is 0 Å². The van der Waals surface area contributed by atoms with Gasteiger partial charge in [-0.2, -0.15) is 0 Å². The number of anilines is 1. The van der Waals surface area contributed by atoms with Crippen LogP contribution in [0.2, 0.25) is 0 Å². The van der Waals surface area contributed by atoms with E-state index in [-0.39, 0.29) is 18.3 Å². The Morgan fingerprint density at radius 3 is 2.83 bits per heavy atom. The van der Waals surface area contributed by atoms with Gasteiger partial charge in [-0.05, 0) is 31.2 Å². The molecule has 0 unspecified atom stereocenters. The van der Waals surface area contributed by atoms with E-state index < -0.39 is 0 Å². The molecule has 0 saturated carbocycles. The van der Waals surface area contributed by atoms with Crippen molar-refractivity contribution in [3.8, 4) is 0 Å². The van der Waals surface area contributed by atoms with Crippen molar-refractivity contribution >= 4 is 11.6 Å². The van der Waals surface area contributed by atoms with E-state index in [1.54, 1.807) is 12.1 Å². The van der Waals surface area contributed by atoms with Crippen LogP contribution in [-0.2, 0) is 4.79 Å². The van der Waals surface area contributed by atoms with Crippen LogP contribution in [-0.4, -0.2) is 37.0 Å². The Morgan fingerprint density at radius 1 is 1.44 bits per heavy atom. The molecule has 18 heavy (non-hydrogen) atoms. The number of nitrogens with one attached hydrogen (secondary N) is 1. The summed E-state index contributed by atoms with van der Waals surface area (Å²) < 4.78 is 12.9. The Labute approximate surface area is 107 Å². The van der Waals surface area contributed by atoms with Gasteiger partial charge in [0.25, 0.3) is 0 Å². The third kappa shape index (κ3) is 5.25. The maximum atomic E-state index is 12.9. The molecule has 0 aliphatic heterocycles. The minimum absolute atomic E-state index is 0.150. The van der Waals surface area contributed by atoms with Gasteiger partial charge in [0.05, 0.1) is 6.54 Å². The van der Waals surface area contributed by atoms with E-state index in [1.165, 1.54) is 12.1 Å². The zero-order chi connectivity index (χ0) is 13.4. The number of carbonyl (C=O) groups is 1. The number of carbonyl (C=O) groups excluding carboxylic acids is 1. The van der Waals surface area contributed by atoms with Gasteiger partial charge < -0.3 is 11.1 Å². The molecule has 0 heterocycles. The van der Waals surface area contributed by atoms with Crippen LogP contribution < -0.4 is 11.1 Å². The van der Waals surface area contributed by atoms with Crippen LogP contribution in [0.4, 0.5) is 10.1 Å². The number of hydrogen-bond donors (Lipinski definition) is 2. The number of benzene rings is 1. The second-order valence-electron chi connectivity index (χ2n) is 4.12. The first-order valence-electron chi connectivity index (χ1n) is 6.13. The molecule has 1 amide bonds. The van der Waals surface area contributed by atoms with Gasteiger partial charge in [0.1, 0.15) is 5.82 Å². The summed E-state index contributed by atoms with van der Waals surface area (Å²) in [5.41, 5.74) is 5.96. The van der Waals surface area contributed by atoms with Crippen molar-refractivity contribution in [2.75, 3.05) is 31.5 Å². The normalized spacial score (nSPS) is 10.7. The molecular weight excluding hydrogens is 233 g/mol. The molecule has 0 aliphatic carbocycles. The van der Waals surface area contributed by atoms with Gasteiger partial charge >= 0.3 is 0 Å². The SMILES string of the molecule is CCCN(CCN)CC(=O)Nc1cccc(F)c1. The topological polar surface area (TPSA) is 58.4 Å². The molecule has 3 N–H and O–H groups in total. The molecule has 1 aromatic rings. The third-order valence-electron chi connectivity index (χ3n) is 2.46. The van der Waals surface area contributed by atoms with Crippen LogP contribution in [0.25, 0.3) is 0 Å². The van der Waals surface area contributed by atoms with Gasteiger partial charge in [0, 0.05) is 18.8 Å². The second-order valence-corrected chi connectivity index (χ2v) is 4.12. The van der Waals surface area contributed by atoms with E-state index >= 15 is 0 Å². The van der Waals surface area contributed by atoms with Crippen molar-refractivity contribution in [1.29, 1.82) is 0 Å². The number of hydrogen-bond acceptors (Lipinski definition) is 3. The van der Waals surface area contributed by atoms with E-state index in [1.807, 2.05) is 11.8 Å². The molecule has 5 heteroatoms. The highest BCUT2D eigenvalue weighted by Gasteiger charge is 2.09. The molecule has 0 saturated heterocycles. The molecule has 0 radical (unpaired) electrons. The molecule has 0 aromatic heterocycles. The molecule has 0 aliphatic rings. The lowest BCUT2D eigenvalue weighted by Gasteiger charge is -2.20. The van der Waals surface area contributed by atoms with Crippen LogP contribution in [0.3, 0.4) is 0 Å². The van der Waals surface area contributed by atoms with Gasteiger partial charge in [0.15, 0.2) is 0 Å². The molecular formula is C13H20FN3O. The van der Waals surface area contributed by atoms with Crippen molar-refractivity contribution in [2.24, 2.45) is 5.73 Å². The summed E-state index contributed by atoms with van der Waals surface area (Å²) in [6.07, 6.45) is 0.966. The third-order valence-corrected chi connectivity index (χ3v) is 2.46. The molecule has 0 spiro atoms. The van der Waals surface area contributed by atoms with Crippen molar-refractivity contribution in [3.05, 3.63) is 30.1 Å². The zero-order valence-corrected chi connectivity index (χ0v) is 10.7. The number of nitrogens with two attached hydrogens (primary N) is 1. The maximum Gasteiger partial charge on any atom is 0.238 e. The van der Waals surface area contributed by atoms with E-state index in [0.29, 0.717) is 18.8 Å². The van der Waals surface area contributed by atoms with Crippen molar-refractivity contribution in [3.63, 3.8) is 0 Å². The summed E-state index contributed by atoms with van der Waals surface area (Å²) in [6.45, 7) is 4.36. The predicted molar refractivity (Wildman–Crippen MR) is 70.8 cm³/mol. The lowest BCUT2D eigenvalue weighted by molar-refractivity contribution is -0.117. The molecule has 0 atom stereocenters. The first-order valence-corrected chi connectivity index (χ1v) is 6.13. The fourth-order valence-electron chi connectivity index (χ4n) is 1.74. The monoisotopic (exact) mass is 253 g/mol. The van der Waals surface area contributed by atoms with E-state index in [4.69, 9.17) is 5.73 Å². The Hall–Kier alpha value is -1.46. The first kappa shape index (κ1) is 14.6. The highest BCUT2D eigenvalue weighted by molar-refractivity contribution is 5.92. The van der Waals surface area contributed by atoms with Gasteiger partial charge in [-0.3, -0.25) is 9.69 Å². The van der Waals surface area contributed by atoms with Crippen molar-refractivity contribution in [1.82, 2.24) is 4.90 Å². The highest BCUT2D eigenvalue weighted by atomic mass is 19.1. The smallest absolute Gasteiger partial charge is 0.238 e. The molecule has 1 rings (SSSR count). The van der Waals surface area contributed by atoms with E-state index in [2.05, 4.69) is 5.32 Å². The Bertz CT molecular complexity index is 378. The van der Waals surface area contributed by atoms with Crippen molar-refractivity contribution < 1.29 is 9.18 Å². The Morgan fingerprint density at radius 2 is 2.22 bits per heavy atom. The Balaban J connectivity index is 2.49. The molecule has 0 bridgehead atoms. The molecule has 1 aromatic carbocycles. The van der Waals surface area contributed by atoms with Crippen LogP contribution in [0.15, 0.2) is 24.3 Å². The zero-order valence-electron chi connectivity index (χ0n) is 10.7.